The van der Waals surface area contributed by atoms with Crippen LogP contribution in [0.4, 0.5) is 0 Å². The van der Waals surface area contributed by atoms with Gasteiger partial charge < -0.3 is 5.11 Å². The Hall–Kier alpha value is -1.31. The van der Waals surface area contributed by atoms with Gasteiger partial charge in [0.2, 0.25) is 0 Å². The number of aromatic hydroxyl groups is 1. The van der Waals surface area contributed by atoms with Gasteiger partial charge >= 0.3 is 0 Å². The van der Waals surface area contributed by atoms with Crippen LogP contribution < -0.4 is 0 Å². The Labute approximate surface area is 148 Å². The van der Waals surface area contributed by atoms with Crippen LogP contribution in [0.2, 0.25) is 0 Å². The van der Waals surface area contributed by atoms with Crippen LogP contribution in [-0.2, 0) is 6.42 Å². The molecule has 0 saturated carbocycles. The Morgan fingerprint density at radius 3 is 1.79 bits per heavy atom. The number of aldehydes is 1. The zero-order valence-electron chi connectivity index (χ0n) is 15.6. The number of phenolic OH excluding ortho intramolecular Hbond substituents is 1. The summed E-state index contributed by atoms with van der Waals surface area (Å²) in [6, 6.07) is 5.02. The van der Waals surface area contributed by atoms with Crippen molar-refractivity contribution in [1.82, 2.24) is 0 Å². The molecule has 0 radical (unpaired) electrons. The van der Waals surface area contributed by atoms with Gasteiger partial charge in [0.25, 0.3) is 0 Å². The molecule has 1 rings (SSSR count). The Morgan fingerprint density at radius 1 is 0.792 bits per heavy atom. The topological polar surface area (TPSA) is 37.3 Å². The highest BCUT2D eigenvalue weighted by Gasteiger charge is 2.03. The first-order valence-electron chi connectivity index (χ1n) is 10.0. The smallest absolute Gasteiger partial charge is 0.150 e. The van der Waals surface area contributed by atoms with Crippen LogP contribution in [0.15, 0.2) is 18.2 Å². The molecule has 1 aromatic rings. The molecule has 0 unspecified atom stereocenters. The summed E-state index contributed by atoms with van der Waals surface area (Å²) in [5, 5.41) is 9.52. The van der Waals surface area contributed by atoms with E-state index in [2.05, 4.69) is 6.92 Å². The van der Waals surface area contributed by atoms with Crippen molar-refractivity contribution < 1.29 is 9.90 Å². The lowest BCUT2D eigenvalue weighted by Gasteiger charge is -2.06. The molecule has 24 heavy (non-hydrogen) atoms. The lowest BCUT2D eigenvalue weighted by molar-refractivity contribution is 0.112. The minimum atomic E-state index is 0.255. The quantitative estimate of drug-likeness (QED) is 0.282. The molecular weight excluding hydrogens is 296 g/mol. The average Bonchev–Trinajstić information content (AvgIpc) is 2.59. The van der Waals surface area contributed by atoms with Crippen molar-refractivity contribution in [3.63, 3.8) is 0 Å². The third kappa shape index (κ3) is 9.75. The normalized spacial score (nSPS) is 10.9. The molecule has 0 aliphatic carbocycles. The number of aryl methyl sites for hydroxylation is 1. The molecule has 1 N–H and O–H groups in total. The number of phenols is 1. The molecule has 0 fully saturated rings. The van der Waals surface area contributed by atoms with Gasteiger partial charge in [-0.2, -0.15) is 0 Å². The van der Waals surface area contributed by atoms with Gasteiger partial charge in [-0.3, -0.25) is 4.79 Å². The number of unbranched alkanes of at least 4 members (excludes halogenated alkanes) is 12. The molecule has 0 heterocycles. The van der Waals surface area contributed by atoms with E-state index in [4.69, 9.17) is 0 Å². The van der Waals surface area contributed by atoms with Crippen LogP contribution in [0.3, 0.4) is 0 Å². The van der Waals surface area contributed by atoms with Crippen molar-refractivity contribution in [3.8, 4) is 5.75 Å². The zero-order valence-corrected chi connectivity index (χ0v) is 15.6. The molecule has 0 saturated heterocycles. The SMILES string of the molecule is CCCCCCCCCCCCCCCc1cc(O)ccc1C=O. The number of carbonyl (C=O) groups excluding carboxylic acids is 1. The first-order chi connectivity index (χ1) is 11.8. The van der Waals surface area contributed by atoms with E-state index >= 15 is 0 Å². The van der Waals surface area contributed by atoms with Crippen molar-refractivity contribution in [3.05, 3.63) is 29.3 Å². The molecule has 0 amide bonds. The fourth-order valence-electron chi connectivity index (χ4n) is 3.26. The van der Waals surface area contributed by atoms with Gasteiger partial charge in [-0.1, -0.05) is 84.0 Å². The van der Waals surface area contributed by atoms with E-state index < -0.39 is 0 Å². The van der Waals surface area contributed by atoms with E-state index in [1.54, 1.807) is 18.2 Å². The maximum atomic E-state index is 11.0. The average molecular weight is 333 g/mol. The largest absolute Gasteiger partial charge is 0.508 e. The van der Waals surface area contributed by atoms with E-state index in [1.807, 2.05) is 0 Å². The van der Waals surface area contributed by atoms with E-state index in [-0.39, 0.29) is 5.75 Å². The maximum Gasteiger partial charge on any atom is 0.150 e. The number of rotatable bonds is 15. The number of carbonyl (C=O) groups is 1. The summed E-state index contributed by atoms with van der Waals surface area (Å²) in [5.41, 5.74) is 1.69. The Bertz CT molecular complexity index is 440. The van der Waals surface area contributed by atoms with Gasteiger partial charge in [0, 0.05) is 5.56 Å². The summed E-state index contributed by atoms with van der Waals surface area (Å²) in [4.78, 5) is 11.0. The fourth-order valence-corrected chi connectivity index (χ4v) is 3.26. The summed E-state index contributed by atoms with van der Waals surface area (Å²) in [6.07, 6.45) is 19.3. The van der Waals surface area contributed by atoms with Crippen LogP contribution in [0, 0.1) is 0 Å². The lowest BCUT2D eigenvalue weighted by atomic mass is 10.00. The third-order valence-corrected chi connectivity index (χ3v) is 4.80. The standard InChI is InChI=1S/C22H36O2/c1-2-3-4-5-6-7-8-9-10-11-12-13-14-15-20-18-22(24)17-16-21(20)19-23/h16-19,24H,2-15H2,1H3. The van der Waals surface area contributed by atoms with Crippen LogP contribution in [0.1, 0.15) is 106 Å². The van der Waals surface area contributed by atoms with Gasteiger partial charge in [-0.15, -0.1) is 0 Å². The molecule has 0 aliphatic rings. The molecule has 2 heteroatoms. The van der Waals surface area contributed by atoms with Gasteiger partial charge in [-0.25, -0.2) is 0 Å². The summed E-state index contributed by atoms with van der Waals surface area (Å²) >= 11 is 0. The molecule has 1 aromatic carbocycles. The van der Waals surface area contributed by atoms with Crippen LogP contribution in [-0.4, -0.2) is 11.4 Å². The molecule has 0 aliphatic heterocycles. The molecular formula is C22H36O2. The van der Waals surface area contributed by atoms with Crippen molar-refractivity contribution in [2.45, 2.75) is 96.8 Å². The minimum absolute atomic E-state index is 0.255. The Morgan fingerprint density at radius 2 is 1.29 bits per heavy atom. The predicted molar refractivity (Wildman–Crippen MR) is 103 cm³/mol. The van der Waals surface area contributed by atoms with E-state index in [0.29, 0.717) is 5.56 Å². The maximum absolute atomic E-state index is 11.0. The Kier molecular flexibility index (Phi) is 12.2. The van der Waals surface area contributed by atoms with Crippen LogP contribution in [0.5, 0.6) is 5.75 Å². The second kappa shape index (κ2) is 14.1. The lowest BCUT2D eigenvalue weighted by Crippen LogP contribution is -1.93. The molecule has 0 bridgehead atoms. The summed E-state index contributed by atoms with van der Waals surface area (Å²) < 4.78 is 0. The Balaban J connectivity index is 1.94. The molecule has 0 aromatic heterocycles. The van der Waals surface area contributed by atoms with E-state index in [1.165, 1.54) is 77.0 Å². The van der Waals surface area contributed by atoms with Gasteiger partial charge in [0.15, 0.2) is 0 Å². The number of benzene rings is 1. The van der Waals surface area contributed by atoms with Crippen molar-refractivity contribution in [2.24, 2.45) is 0 Å². The highest BCUT2D eigenvalue weighted by atomic mass is 16.3. The van der Waals surface area contributed by atoms with Gasteiger partial charge in [0.05, 0.1) is 0 Å². The number of hydrogen-bond donors (Lipinski definition) is 1. The van der Waals surface area contributed by atoms with E-state index in [9.17, 15) is 9.90 Å². The molecule has 0 spiro atoms. The minimum Gasteiger partial charge on any atom is -0.508 e. The third-order valence-electron chi connectivity index (χ3n) is 4.80. The first kappa shape index (κ1) is 20.7. The van der Waals surface area contributed by atoms with Crippen LogP contribution in [0.25, 0.3) is 0 Å². The summed E-state index contributed by atoms with van der Waals surface area (Å²) in [7, 11) is 0. The second-order valence-corrected chi connectivity index (χ2v) is 6.99. The van der Waals surface area contributed by atoms with Gasteiger partial charge in [0.1, 0.15) is 12.0 Å². The predicted octanol–water partition coefficient (Wildman–Crippen LogP) is 6.84. The highest BCUT2D eigenvalue weighted by Crippen LogP contribution is 2.18. The zero-order chi connectivity index (χ0) is 17.5. The van der Waals surface area contributed by atoms with Crippen molar-refractivity contribution in [1.29, 1.82) is 0 Å². The first-order valence-corrected chi connectivity index (χ1v) is 10.0. The van der Waals surface area contributed by atoms with Crippen molar-refractivity contribution >= 4 is 6.29 Å². The van der Waals surface area contributed by atoms with Crippen molar-refractivity contribution in [2.75, 3.05) is 0 Å². The monoisotopic (exact) mass is 332 g/mol. The van der Waals surface area contributed by atoms with Crippen LogP contribution >= 0.6 is 0 Å². The fraction of sp³-hybridized carbons (Fsp3) is 0.682. The summed E-state index contributed by atoms with van der Waals surface area (Å²) in [6.45, 7) is 2.27. The highest BCUT2D eigenvalue weighted by molar-refractivity contribution is 5.77. The molecule has 2 nitrogen and oxygen atoms in total. The number of hydrogen-bond acceptors (Lipinski definition) is 2. The summed E-state index contributed by atoms with van der Waals surface area (Å²) in [5.74, 6) is 0.255. The van der Waals surface area contributed by atoms with E-state index in [0.717, 1.165) is 24.7 Å². The molecule has 0 atom stereocenters. The second-order valence-electron chi connectivity index (χ2n) is 6.99. The van der Waals surface area contributed by atoms with Gasteiger partial charge in [-0.05, 0) is 36.6 Å². The molecule has 136 valence electrons.